The predicted octanol–water partition coefficient (Wildman–Crippen LogP) is 1.20. The second-order valence-electron chi connectivity index (χ2n) is 4.76. The minimum atomic E-state index is -0.113. The van der Waals surface area contributed by atoms with Crippen molar-refractivity contribution in [2.24, 2.45) is 5.92 Å². The molecule has 0 aromatic heterocycles. The average Bonchev–Trinajstić information content (AvgIpc) is 2.35. The summed E-state index contributed by atoms with van der Waals surface area (Å²) in [6.07, 6.45) is 2.96. The number of Topliss-reactive ketones (excluding diaryl/α,β-unsaturated/α-hetero) is 1. The van der Waals surface area contributed by atoms with Crippen molar-refractivity contribution in [1.82, 2.24) is 10.2 Å². The predicted molar refractivity (Wildman–Crippen MR) is 67.7 cm³/mol. The average molecular weight is 240 g/mol. The highest BCUT2D eigenvalue weighted by atomic mass is 16.2. The van der Waals surface area contributed by atoms with Crippen LogP contribution in [0.15, 0.2) is 0 Å². The third kappa shape index (κ3) is 3.80. The van der Waals surface area contributed by atoms with Gasteiger partial charge in [-0.15, -0.1) is 0 Å². The largest absolute Gasteiger partial charge is 0.345 e. The van der Waals surface area contributed by atoms with Gasteiger partial charge in [-0.1, -0.05) is 6.92 Å². The minimum absolute atomic E-state index is 0.113. The Balaban J connectivity index is 2.64. The first-order chi connectivity index (χ1) is 8.10. The summed E-state index contributed by atoms with van der Waals surface area (Å²) in [5, 5.41) is 3.28. The molecular formula is C13H24N2O2. The van der Waals surface area contributed by atoms with Gasteiger partial charge >= 0.3 is 0 Å². The van der Waals surface area contributed by atoms with Gasteiger partial charge in [0.15, 0.2) is 0 Å². The van der Waals surface area contributed by atoms with Crippen LogP contribution in [0.5, 0.6) is 0 Å². The maximum Gasteiger partial charge on any atom is 0.239 e. The van der Waals surface area contributed by atoms with Crippen molar-refractivity contribution in [1.29, 1.82) is 0 Å². The van der Waals surface area contributed by atoms with Crippen LogP contribution in [0, 0.1) is 5.92 Å². The summed E-state index contributed by atoms with van der Waals surface area (Å²) in [6.45, 7) is 5.51. The van der Waals surface area contributed by atoms with Crippen LogP contribution in [0.25, 0.3) is 0 Å². The van der Waals surface area contributed by atoms with E-state index in [1.807, 2.05) is 20.9 Å². The van der Waals surface area contributed by atoms with Crippen molar-refractivity contribution in [3.63, 3.8) is 0 Å². The molecule has 0 aromatic carbocycles. The number of rotatable bonds is 5. The van der Waals surface area contributed by atoms with Gasteiger partial charge in [0.25, 0.3) is 0 Å². The number of nitrogens with one attached hydrogen (secondary N) is 1. The fourth-order valence-electron chi connectivity index (χ4n) is 2.36. The lowest BCUT2D eigenvalue weighted by atomic mass is 9.82. The topological polar surface area (TPSA) is 49.4 Å². The van der Waals surface area contributed by atoms with Crippen LogP contribution in [0.3, 0.4) is 0 Å². The lowest BCUT2D eigenvalue weighted by molar-refractivity contribution is -0.134. The van der Waals surface area contributed by atoms with E-state index < -0.39 is 0 Å². The number of ketones is 1. The molecule has 1 fully saturated rings. The van der Waals surface area contributed by atoms with Crippen LogP contribution in [0.1, 0.15) is 39.5 Å². The Kier molecular flexibility index (Phi) is 5.62. The Hall–Kier alpha value is -0.900. The van der Waals surface area contributed by atoms with Crippen LogP contribution in [-0.4, -0.2) is 42.8 Å². The van der Waals surface area contributed by atoms with Crippen LogP contribution in [-0.2, 0) is 9.59 Å². The minimum Gasteiger partial charge on any atom is -0.345 e. The van der Waals surface area contributed by atoms with Crippen LogP contribution in [0.2, 0.25) is 0 Å². The molecule has 1 atom stereocenters. The van der Waals surface area contributed by atoms with E-state index in [0.717, 1.165) is 25.9 Å². The number of hydrogen-bond donors (Lipinski definition) is 1. The van der Waals surface area contributed by atoms with Gasteiger partial charge in [0.05, 0.1) is 6.04 Å². The fraction of sp³-hybridized carbons (Fsp3) is 0.846. The Labute approximate surface area is 104 Å². The molecule has 0 aromatic rings. The Bertz CT molecular complexity index is 269. The molecule has 1 N–H and O–H groups in total. The van der Waals surface area contributed by atoms with E-state index in [-0.39, 0.29) is 11.9 Å². The molecule has 0 aliphatic heterocycles. The number of likely N-dealkylation sites (N-methyl/N-ethyl adjacent to an activating group) is 2. The molecule has 0 saturated heterocycles. The van der Waals surface area contributed by atoms with Gasteiger partial charge in [-0.05, 0) is 32.2 Å². The zero-order valence-electron chi connectivity index (χ0n) is 11.2. The van der Waals surface area contributed by atoms with Crippen LogP contribution >= 0.6 is 0 Å². The highest BCUT2D eigenvalue weighted by Crippen LogP contribution is 2.25. The zero-order chi connectivity index (χ0) is 12.8. The summed E-state index contributed by atoms with van der Waals surface area (Å²) in [7, 11) is 1.83. The van der Waals surface area contributed by atoms with Crippen molar-refractivity contribution in [3.05, 3.63) is 0 Å². The zero-order valence-corrected chi connectivity index (χ0v) is 11.2. The van der Waals surface area contributed by atoms with E-state index in [1.165, 1.54) is 0 Å². The van der Waals surface area contributed by atoms with E-state index in [4.69, 9.17) is 0 Å². The second kappa shape index (κ2) is 6.74. The van der Waals surface area contributed by atoms with Crippen molar-refractivity contribution in [3.8, 4) is 0 Å². The summed E-state index contributed by atoms with van der Waals surface area (Å²) < 4.78 is 0. The van der Waals surface area contributed by atoms with Gasteiger partial charge in [-0.25, -0.2) is 0 Å². The van der Waals surface area contributed by atoms with Crippen molar-refractivity contribution in [2.75, 3.05) is 20.1 Å². The third-order valence-corrected chi connectivity index (χ3v) is 3.60. The van der Waals surface area contributed by atoms with Crippen molar-refractivity contribution < 1.29 is 9.59 Å². The van der Waals surface area contributed by atoms with Gasteiger partial charge in [-0.3, -0.25) is 9.59 Å². The van der Waals surface area contributed by atoms with E-state index >= 15 is 0 Å². The second-order valence-corrected chi connectivity index (χ2v) is 4.76. The molecule has 1 rings (SSSR count). The maximum absolute atomic E-state index is 12.2. The SMILES string of the molecule is CCN[C@H](C(=O)N(C)CC)C1CCC(=O)CC1. The number of amides is 1. The number of carbonyl (C=O) groups excluding carboxylic acids is 2. The summed E-state index contributed by atoms with van der Waals surface area (Å²) in [5.41, 5.74) is 0. The number of nitrogens with zero attached hydrogens (tertiary/aromatic N) is 1. The molecule has 17 heavy (non-hydrogen) atoms. The summed E-state index contributed by atoms with van der Waals surface area (Å²) in [4.78, 5) is 25.2. The van der Waals surface area contributed by atoms with Crippen molar-refractivity contribution >= 4 is 11.7 Å². The van der Waals surface area contributed by atoms with Gasteiger partial charge in [-0.2, -0.15) is 0 Å². The molecule has 0 heterocycles. The molecule has 1 amide bonds. The highest BCUT2D eigenvalue weighted by molar-refractivity contribution is 5.83. The van der Waals surface area contributed by atoms with E-state index in [2.05, 4.69) is 5.32 Å². The van der Waals surface area contributed by atoms with Gasteiger partial charge < -0.3 is 10.2 Å². The molecule has 0 unspecified atom stereocenters. The molecule has 0 radical (unpaired) electrons. The fourth-order valence-corrected chi connectivity index (χ4v) is 2.36. The van der Waals surface area contributed by atoms with E-state index in [1.54, 1.807) is 4.90 Å². The first kappa shape index (κ1) is 14.2. The quantitative estimate of drug-likeness (QED) is 0.785. The van der Waals surface area contributed by atoms with Gasteiger partial charge in [0.2, 0.25) is 5.91 Å². The van der Waals surface area contributed by atoms with E-state index in [9.17, 15) is 9.59 Å². The van der Waals surface area contributed by atoms with Crippen LogP contribution in [0.4, 0.5) is 0 Å². The molecule has 0 bridgehead atoms. The third-order valence-electron chi connectivity index (χ3n) is 3.60. The Morgan fingerprint density at radius 1 is 1.41 bits per heavy atom. The van der Waals surface area contributed by atoms with Crippen molar-refractivity contribution in [2.45, 2.75) is 45.6 Å². The molecule has 1 saturated carbocycles. The lowest BCUT2D eigenvalue weighted by Crippen LogP contribution is -2.50. The first-order valence-electron chi connectivity index (χ1n) is 6.60. The standard InChI is InChI=1S/C13H24N2O2/c1-4-14-12(13(17)15(3)5-2)10-6-8-11(16)9-7-10/h10,12,14H,4-9H2,1-3H3/t12-/m0/s1. The first-order valence-corrected chi connectivity index (χ1v) is 6.60. The Morgan fingerprint density at radius 2 is 2.00 bits per heavy atom. The maximum atomic E-state index is 12.2. The monoisotopic (exact) mass is 240 g/mol. The summed E-state index contributed by atoms with van der Waals surface area (Å²) in [5.74, 6) is 0.815. The molecule has 0 spiro atoms. The van der Waals surface area contributed by atoms with E-state index in [0.29, 0.717) is 24.5 Å². The van der Waals surface area contributed by atoms with Gasteiger partial charge in [0, 0.05) is 26.4 Å². The molecule has 1 aliphatic carbocycles. The summed E-state index contributed by atoms with van der Waals surface area (Å²) in [6, 6.07) is -0.113. The smallest absolute Gasteiger partial charge is 0.239 e. The Morgan fingerprint density at radius 3 is 2.47 bits per heavy atom. The molecular weight excluding hydrogens is 216 g/mol. The summed E-state index contributed by atoms with van der Waals surface area (Å²) >= 11 is 0. The van der Waals surface area contributed by atoms with Gasteiger partial charge in [0.1, 0.15) is 5.78 Å². The normalized spacial score (nSPS) is 19.1. The number of carbonyl (C=O) groups is 2. The lowest BCUT2D eigenvalue weighted by Gasteiger charge is -2.32. The molecule has 98 valence electrons. The molecule has 4 heteroatoms. The molecule has 4 nitrogen and oxygen atoms in total. The van der Waals surface area contributed by atoms with Crippen LogP contribution < -0.4 is 5.32 Å². The molecule has 1 aliphatic rings. The highest BCUT2D eigenvalue weighted by Gasteiger charge is 2.31. The number of hydrogen-bond acceptors (Lipinski definition) is 3.